The fourth-order valence-electron chi connectivity index (χ4n) is 1.58. The number of halogens is 3. The molecule has 3 nitrogen and oxygen atoms in total. The number of benzene rings is 1. The van der Waals surface area contributed by atoms with E-state index in [2.05, 4.69) is 26.0 Å². The number of nitrogens with one attached hydrogen (secondary N) is 1. The third kappa shape index (κ3) is 6.31. The standard InChI is InChI=1S/C13H18BrF2NO2/c1-9(5-6-18-2)17-8-10-7-11(14)3-4-12(10)19-13(15)16/h3-4,7,9,13,17H,5-6,8H2,1-2H3. The molecule has 0 saturated carbocycles. The van der Waals surface area contributed by atoms with E-state index >= 15 is 0 Å². The van der Waals surface area contributed by atoms with Crippen LogP contribution in [0.25, 0.3) is 0 Å². The molecule has 0 heterocycles. The Kier molecular flexibility index (Phi) is 7.27. The van der Waals surface area contributed by atoms with E-state index in [1.807, 2.05) is 6.92 Å². The van der Waals surface area contributed by atoms with Gasteiger partial charge in [0.2, 0.25) is 0 Å². The van der Waals surface area contributed by atoms with Gasteiger partial charge in [0, 0.05) is 36.3 Å². The molecule has 0 aromatic heterocycles. The Morgan fingerprint density at radius 3 is 2.74 bits per heavy atom. The molecule has 1 atom stereocenters. The van der Waals surface area contributed by atoms with E-state index in [9.17, 15) is 8.78 Å². The zero-order valence-corrected chi connectivity index (χ0v) is 12.5. The lowest BCUT2D eigenvalue weighted by Crippen LogP contribution is -2.27. The van der Waals surface area contributed by atoms with Crippen LogP contribution in [0.5, 0.6) is 5.75 Å². The van der Waals surface area contributed by atoms with Crippen molar-refractivity contribution in [2.75, 3.05) is 13.7 Å². The highest BCUT2D eigenvalue weighted by molar-refractivity contribution is 9.10. The number of ether oxygens (including phenoxy) is 2. The minimum absolute atomic E-state index is 0.199. The number of methoxy groups -OCH3 is 1. The van der Waals surface area contributed by atoms with Gasteiger partial charge >= 0.3 is 6.61 Å². The van der Waals surface area contributed by atoms with E-state index in [0.717, 1.165) is 10.9 Å². The highest BCUT2D eigenvalue weighted by Gasteiger charge is 2.11. The van der Waals surface area contributed by atoms with Crippen LogP contribution >= 0.6 is 15.9 Å². The molecular weight excluding hydrogens is 320 g/mol. The molecule has 0 bridgehead atoms. The summed E-state index contributed by atoms with van der Waals surface area (Å²) < 4.78 is 34.9. The van der Waals surface area contributed by atoms with Gasteiger partial charge in [0.15, 0.2) is 0 Å². The first kappa shape index (κ1) is 16.3. The van der Waals surface area contributed by atoms with Crippen LogP contribution in [0.2, 0.25) is 0 Å². The summed E-state index contributed by atoms with van der Waals surface area (Å²) in [4.78, 5) is 0. The third-order valence-electron chi connectivity index (χ3n) is 2.63. The maximum absolute atomic E-state index is 12.3. The van der Waals surface area contributed by atoms with E-state index in [4.69, 9.17) is 4.74 Å². The highest BCUT2D eigenvalue weighted by Crippen LogP contribution is 2.24. The molecule has 0 aliphatic carbocycles. The fraction of sp³-hybridized carbons (Fsp3) is 0.538. The maximum atomic E-state index is 12.3. The minimum Gasteiger partial charge on any atom is -0.434 e. The third-order valence-corrected chi connectivity index (χ3v) is 3.13. The van der Waals surface area contributed by atoms with Crippen LogP contribution in [0.15, 0.2) is 22.7 Å². The van der Waals surface area contributed by atoms with Crippen molar-refractivity contribution in [3.05, 3.63) is 28.2 Å². The molecule has 0 aliphatic heterocycles. The Bertz CT molecular complexity index is 391. The normalized spacial score (nSPS) is 12.7. The van der Waals surface area contributed by atoms with Crippen molar-refractivity contribution >= 4 is 15.9 Å². The topological polar surface area (TPSA) is 30.5 Å². The Morgan fingerprint density at radius 2 is 2.11 bits per heavy atom. The van der Waals surface area contributed by atoms with Crippen LogP contribution in [0.4, 0.5) is 8.78 Å². The van der Waals surface area contributed by atoms with E-state index in [1.165, 1.54) is 6.07 Å². The van der Waals surface area contributed by atoms with Gasteiger partial charge in [-0.25, -0.2) is 0 Å². The average Bonchev–Trinajstić information content (AvgIpc) is 2.36. The summed E-state index contributed by atoms with van der Waals surface area (Å²) in [5.41, 5.74) is 0.693. The molecule has 1 unspecified atom stereocenters. The number of hydrogen-bond acceptors (Lipinski definition) is 3. The van der Waals surface area contributed by atoms with Crippen molar-refractivity contribution in [2.24, 2.45) is 0 Å². The molecule has 1 aromatic carbocycles. The van der Waals surface area contributed by atoms with Gasteiger partial charge < -0.3 is 14.8 Å². The maximum Gasteiger partial charge on any atom is 0.387 e. The molecule has 0 aliphatic rings. The molecule has 19 heavy (non-hydrogen) atoms. The number of rotatable bonds is 8. The van der Waals surface area contributed by atoms with E-state index in [0.29, 0.717) is 18.7 Å². The van der Waals surface area contributed by atoms with Gasteiger partial charge in [-0.2, -0.15) is 8.78 Å². The highest BCUT2D eigenvalue weighted by atomic mass is 79.9. The van der Waals surface area contributed by atoms with Crippen molar-refractivity contribution in [2.45, 2.75) is 32.5 Å². The monoisotopic (exact) mass is 337 g/mol. The second-order valence-electron chi connectivity index (χ2n) is 4.19. The lowest BCUT2D eigenvalue weighted by Gasteiger charge is -2.16. The summed E-state index contributed by atoms with van der Waals surface area (Å²) >= 11 is 3.32. The van der Waals surface area contributed by atoms with Gasteiger partial charge in [-0.3, -0.25) is 0 Å². The van der Waals surface area contributed by atoms with E-state index in [-0.39, 0.29) is 11.8 Å². The summed E-state index contributed by atoms with van der Waals surface area (Å²) in [6, 6.07) is 5.22. The molecule has 1 rings (SSSR count). The van der Waals surface area contributed by atoms with Crippen LogP contribution in [0.1, 0.15) is 18.9 Å². The van der Waals surface area contributed by atoms with Crippen LogP contribution in [0.3, 0.4) is 0 Å². The molecule has 1 N–H and O–H groups in total. The summed E-state index contributed by atoms with van der Waals surface area (Å²) in [5, 5.41) is 3.25. The Hall–Kier alpha value is -0.720. The molecule has 0 radical (unpaired) electrons. The van der Waals surface area contributed by atoms with Crippen LogP contribution in [-0.4, -0.2) is 26.4 Å². The van der Waals surface area contributed by atoms with Crippen molar-refractivity contribution < 1.29 is 18.3 Å². The molecule has 6 heteroatoms. The quantitative estimate of drug-likeness (QED) is 0.786. The zero-order chi connectivity index (χ0) is 14.3. The zero-order valence-electron chi connectivity index (χ0n) is 11.0. The average molecular weight is 338 g/mol. The van der Waals surface area contributed by atoms with Gasteiger partial charge in [0.05, 0.1) is 0 Å². The second kappa shape index (κ2) is 8.45. The predicted molar refractivity (Wildman–Crippen MR) is 73.6 cm³/mol. The van der Waals surface area contributed by atoms with Gasteiger partial charge in [0.1, 0.15) is 5.75 Å². The van der Waals surface area contributed by atoms with Gasteiger partial charge in [-0.05, 0) is 31.5 Å². The van der Waals surface area contributed by atoms with Gasteiger partial charge in [-0.15, -0.1) is 0 Å². The van der Waals surface area contributed by atoms with Gasteiger partial charge in [0.25, 0.3) is 0 Å². The van der Waals surface area contributed by atoms with Crippen molar-refractivity contribution in [3.63, 3.8) is 0 Å². The fourth-order valence-corrected chi connectivity index (χ4v) is 1.99. The summed E-state index contributed by atoms with van der Waals surface area (Å²) in [5.74, 6) is 0.199. The van der Waals surface area contributed by atoms with Crippen molar-refractivity contribution in [1.29, 1.82) is 0 Å². The summed E-state index contributed by atoms with van der Waals surface area (Å²) in [7, 11) is 1.65. The van der Waals surface area contributed by atoms with Crippen molar-refractivity contribution in [3.8, 4) is 5.75 Å². The molecular formula is C13H18BrF2NO2. The molecule has 0 amide bonds. The van der Waals surface area contributed by atoms with Gasteiger partial charge in [-0.1, -0.05) is 15.9 Å². The predicted octanol–water partition coefficient (Wildman–Crippen LogP) is 3.57. The summed E-state index contributed by atoms with van der Waals surface area (Å²) in [6.07, 6.45) is 0.857. The molecule has 1 aromatic rings. The Labute approximate surface area is 120 Å². The minimum atomic E-state index is -2.81. The molecule has 0 fully saturated rings. The lowest BCUT2D eigenvalue weighted by molar-refractivity contribution is -0.0505. The van der Waals surface area contributed by atoms with E-state index in [1.54, 1.807) is 19.2 Å². The number of hydrogen-bond donors (Lipinski definition) is 1. The lowest BCUT2D eigenvalue weighted by atomic mass is 10.1. The first-order valence-corrected chi connectivity index (χ1v) is 6.77. The van der Waals surface area contributed by atoms with Crippen molar-refractivity contribution in [1.82, 2.24) is 5.32 Å². The van der Waals surface area contributed by atoms with Crippen LogP contribution in [0, 0.1) is 0 Å². The van der Waals surface area contributed by atoms with Crippen LogP contribution in [-0.2, 0) is 11.3 Å². The second-order valence-corrected chi connectivity index (χ2v) is 5.11. The van der Waals surface area contributed by atoms with E-state index < -0.39 is 6.61 Å². The molecule has 0 saturated heterocycles. The number of alkyl halides is 2. The summed E-state index contributed by atoms with van der Waals surface area (Å²) in [6.45, 7) is 0.329. The Morgan fingerprint density at radius 1 is 1.37 bits per heavy atom. The SMILES string of the molecule is COCCC(C)NCc1cc(Br)ccc1OC(F)F. The molecule has 108 valence electrons. The first-order valence-electron chi connectivity index (χ1n) is 5.98. The smallest absolute Gasteiger partial charge is 0.387 e. The largest absolute Gasteiger partial charge is 0.434 e. The molecule has 0 spiro atoms. The Balaban J connectivity index is 2.62. The first-order chi connectivity index (χ1) is 9.02. The van der Waals surface area contributed by atoms with Crippen LogP contribution < -0.4 is 10.1 Å².